The molecule has 1 spiro atoms. The van der Waals surface area contributed by atoms with Crippen molar-refractivity contribution in [1.29, 1.82) is 0 Å². The smallest absolute Gasteiger partial charge is 0.127 e. The molecule has 0 bridgehead atoms. The third-order valence-corrected chi connectivity index (χ3v) is 5.83. The summed E-state index contributed by atoms with van der Waals surface area (Å²) in [6, 6.07) is 15.2. The van der Waals surface area contributed by atoms with Crippen LogP contribution < -0.4 is 19.7 Å². The van der Waals surface area contributed by atoms with Gasteiger partial charge in [-0.05, 0) is 56.1 Å². The Morgan fingerprint density at radius 1 is 1.08 bits per heavy atom. The summed E-state index contributed by atoms with van der Waals surface area (Å²) in [6.07, 6.45) is 3.14. The van der Waals surface area contributed by atoms with E-state index in [0.717, 1.165) is 43.9 Å². The van der Waals surface area contributed by atoms with Gasteiger partial charge in [0.25, 0.3) is 0 Å². The summed E-state index contributed by atoms with van der Waals surface area (Å²) in [5, 5.41) is 3.47. The Balaban J connectivity index is 1.74. The number of benzene rings is 2. The number of hydrogen-bond donors (Lipinski definition) is 1. The van der Waals surface area contributed by atoms with E-state index < -0.39 is 0 Å². The Bertz CT molecular complexity index is 764. The van der Waals surface area contributed by atoms with Gasteiger partial charge in [0, 0.05) is 37.3 Å². The Labute approximate surface area is 156 Å². The molecule has 0 saturated carbocycles. The highest BCUT2D eigenvalue weighted by Crippen LogP contribution is 2.48. The first kappa shape index (κ1) is 17.2. The molecule has 4 nitrogen and oxygen atoms in total. The molecular weight excluding hydrogens is 324 g/mol. The molecule has 1 unspecified atom stereocenters. The van der Waals surface area contributed by atoms with Crippen LogP contribution >= 0.6 is 0 Å². The Kier molecular flexibility index (Phi) is 4.53. The van der Waals surface area contributed by atoms with Crippen molar-refractivity contribution >= 4 is 5.69 Å². The van der Waals surface area contributed by atoms with Gasteiger partial charge in [0.1, 0.15) is 17.1 Å². The molecule has 4 rings (SSSR count). The first-order valence-corrected chi connectivity index (χ1v) is 9.45. The lowest BCUT2D eigenvalue weighted by Crippen LogP contribution is -2.49. The number of rotatable bonds is 3. The van der Waals surface area contributed by atoms with E-state index in [4.69, 9.17) is 9.47 Å². The fourth-order valence-corrected chi connectivity index (χ4v) is 4.27. The average molecular weight is 352 g/mol. The highest BCUT2D eigenvalue weighted by molar-refractivity contribution is 5.52. The molecule has 0 amide bonds. The summed E-state index contributed by atoms with van der Waals surface area (Å²) >= 11 is 0. The minimum Gasteiger partial charge on any atom is -0.497 e. The van der Waals surface area contributed by atoms with Crippen LogP contribution in [0.15, 0.2) is 42.5 Å². The summed E-state index contributed by atoms with van der Waals surface area (Å²) in [5.74, 6) is 2.20. The van der Waals surface area contributed by atoms with E-state index in [1.165, 1.54) is 16.8 Å². The summed E-state index contributed by atoms with van der Waals surface area (Å²) in [6.45, 7) is 2.04. The second kappa shape index (κ2) is 6.84. The van der Waals surface area contributed by atoms with Gasteiger partial charge in [-0.25, -0.2) is 0 Å². The van der Waals surface area contributed by atoms with Gasteiger partial charge in [0.15, 0.2) is 0 Å². The van der Waals surface area contributed by atoms with Crippen LogP contribution in [0.4, 0.5) is 5.69 Å². The minimum absolute atomic E-state index is 0.0739. The molecule has 2 aliphatic heterocycles. The molecule has 138 valence electrons. The largest absolute Gasteiger partial charge is 0.497 e. The van der Waals surface area contributed by atoms with Gasteiger partial charge in [-0.15, -0.1) is 0 Å². The van der Waals surface area contributed by atoms with Crippen LogP contribution in [0, 0.1) is 0 Å². The maximum absolute atomic E-state index is 6.59. The van der Waals surface area contributed by atoms with Gasteiger partial charge in [-0.2, -0.15) is 0 Å². The molecule has 2 aliphatic rings. The Morgan fingerprint density at radius 3 is 2.46 bits per heavy atom. The predicted molar refractivity (Wildman–Crippen MR) is 106 cm³/mol. The zero-order valence-electron chi connectivity index (χ0n) is 15.9. The van der Waals surface area contributed by atoms with Crippen LogP contribution in [-0.4, -0.2) is 39.9 Å². The summed E-state index contributed by atoms with van der Waals surface area (Å²) in [7, 11) is 5.87. The molecule has 0 aliphatic carbocycles. The molecule has 2 heterocycles. The Morgan fingerprint density at radius 2 is 1.81 bits per heavy atom. The Hall–Kier alpha value is -2.20. The van der Waals surface area contributed by atoms with Crippen molar-refractivity contribution in [2.75, 3.05) is 39.2 Å². The van der Waals surface area contributed by atoms with Crippen LogP contribution in [0.25, 0.3) is 0 Å². The third-order valence-electron chi connectivity index (χ3n) is 5.83. The number of fused-ring (bicyclic) bond motifs is 1. The number of hydrogen-bond acceptors (Lipinski definition) is 4. The second-order valence-corrected chi connectivity index (χ2v) is 7.68. The van der Waals surface area contributed by atoms with Crippen molar-refractivity contribution in [1.82, 2.24) is 5.32 Å². The maximum Gasteiger partial charge on any atom is 0.127 e. The number of ether oxygens (including phenoxy) is 2. The lowest BCUT2D eigenvalue weighted by Gasteiger charge is -2.45. The number of methoxy groups -OCH3 is 1. The summed E-state index contributed by atoms with van der Waals surface area (Å²) < 4.78 is 12.0. The van der Waals surface area contributed by atoms with E-state index in [1.807, 2.05) is 6.07 Å². The highest BCUT2D eigenvalue weighted by atomic mass is 16.5. The van der Waals surface area contributed by atoms with E-state index in [1.54, 1.807) is 7.11 Å². The van der Waals surface area contributed by atoms with Crippen molar-refractivity contribution in [2.45, 2.75) is 30.8 Å². The molecule has 2 aromatic carbocycles. The van der Waals surface area contributed by atoms with E-state index >= 15 is 0 Å². The molecule has 0 aromatic heterocycles. The van der Waals surface area contributed by atoms with Crippen LogP contribution in [0.5, 0.6) is 11.5 Å². The zero-order valence-corrected chi connectivity index (χ0v) is 15.9. The zero-order chi connectivity index (χ0) is 18.1. The average Bonchev–Trinajstić information content (AvgIpc) is 2.67. The molecule has 1 saturated heterocycles. The lowest BCUT2D eigenvalue weighted by molar-refractivity contribution is 0.0112. The van der Waals surface area contributed by atoms with Crippen molar-refractivity contribution < 1.29 is 9.47 Å². The van der Waals surface area contributed by atoms with Crippen molar-refractivity contribution in [3.63, 3.8) is 0 Å². The molecule has 2 aromatic rings. The van der Waals surface area contributed by atoms with Gasteiger partial charge in [-0.3, -0.25) is 0 Å². The number of piperidine rings is 1. The van der Waals surface area contributed by atoms with Crippen molar-refractivity contribution in [2.24, 2.45) is 0 Å². The maximum atomic E-state index is 6.59. The molecular formula is C22H28N2O2. The molecule has 1 atom stereocenters. The topological polar surface area (TPSA) is 33.7 Å². The van der Waals surface area contributed by atoms with E-state index in [0.29, 0.717) is 5.92 Å². The molecule has 26 heavy (non-hydrogen) atoms. The summed E-state index contributed by atoms with van der Waals surface area (Å²) in [4.78, 5) is 2.14. The normalized spacial score (nSPS) is 21.0. The molecule has 0 radical (unpaired) electrons. The van der Waals surface area contributed by atoms with Gasteiger partial charge in [0.05, 0.1) is 7.11 Å². The lowest BCUT2D eigenvalue weighted by atomic mass is 9.75. The monoisotopic (exact) mass is 352 g/mol. The highest BCUT2D eigenvalue weighted by Gasteiger charge is 2.42. The summed E-state index contributed by atoms with van der Waals surface area (Å²) in [5.41, 5.74) is 3.79. The van der Waals surface area contributed by atoms with Gasteiger partial charge in [0.2, 0.25) is 0 Å². The fourth-order valence-electron chi connectivity index (χ4n) is 4.27. The minimum atomic E-state index is -0.0739. The van der Waals surface area contributed by atoms with Gasteiger partial charge in [-0.1, -0.05) is 18.2 Å². The van der Waals surface area contributed by atoms with E-state index in [2.05, 4.69) is 60.7 Å². The third kappa shape index (κ3) is 3.14. The second-order valence-electron chi connectivity index (χ2n) is 7.68. The van der Waals surface area contributed by atoms with Crippen molar-refractivity contribution in [3.8, 4) is 11.5 Å². The first-order chi connectivity index (χ1) is 12.6. The number of nitrogens with one attached hydrogen (secondary N) is 1. The quantitative estimate of drug-likeness (QED) is 0.911. The number of nitrogens with zero attached hydrogens (tertiary/aromatic N) is 1. The SMILES string of the molecule is COc1ccc2c(c1)OC1(CCNCC1)CC2c1ccc(N(C)C)cc1. The fraction of sp³-hybridized carbons (Fsp3) is 0.455. The van der Waals surface area contributed by atoms with Crippen LogP contribution in [0.1, 0.15) is 36.3 Å². The van der Waals surface area contributed by atoms with E-state index in [9.17, 15) is 0 Å². The molecule has 1 fully saturated rings. The standard InChI is InChI=1S/C22H28N2O2/c1-24(2)17-6-4-16(5-7-17)20-15-22(10-12-23-13-11-22)26-21-14-18(25-3)8-9-19(20)21/h4-9,14,20,23H,10-13,15H2,1-3H3. The van der Waals surface area contributed by atoms with Gasteiger partial charge < -0.3 is 19.7 Å². The van der Waals surface area contributed by atoms with Crippen LogP contribution in [0.3, 0.4) is 0 Å². The molecule has 4 heteroatoms. The number of anilines is 1. The predicted octanol–water partition coefficient (Wildman–Crippen LogP) is 3.80. The van der Waals surface area contributed by atoms with Crippen molar-refractivity contribution in [3.05, 3.63) is 53.6 Å². The van der Waals surface area contributed by atoms with E-state index in [-0.39, 0.29) is 5.60 Å². The first-order valence-electron chi connectivity index (χ1n) is 9.45. The van der Waals surface area contributed by atoms with Crippen LogP contribution in [0.2, 0.25) is 0 Å². The van der Waals surface area contributed by atoms with Gasteiger partial charge >= 0.3 is 0 Å². The van der Waals surface area contributed by atoms with Crippen LogP contribution in [-0.2, 0) is 0 Å². The molecule has 1 N–H and O–H groups in total.